The van der Waals surface area contributed by atoms with Crippen molar-refractivity contribution >= 4 is 0 Å². The molecule has 0 spiro atoms. The minimum Gasteiger partial charge on any atom is -0.308 e. The Kier molecular flexibility index (Phi) is 4.04. The first kappa shape index (κ1) is 12.7. The predicted molar refractivity (Wildman–Crippen MR) is 65.0 cm³/mol. The number of halogens is 2. The van der Waals surface area contributed by atoms with Crippen LogP contribution in [0.15, 0.2) is 36.7 Å². The summed E-state index contributed by atoms with van der Waals surface area (Å²) in [5, 5.41) is 7.20. The van der Waals surface area contributed by atoms with Crippen molar-refractivity contribution in [2.24, 2.45) is 0 Å². The third kappa shape index (κ3) is 3.13. The molecule has 1 heterocycles. The van der Waals surface area contributed by atoms with Crippen molar-refractivity contribution in [1.82, 2.24) is 15.1 Å². The Morgan fingerprint density at radius 3 is 2.94 bits per heavy atom. The number of aromatic nitrogens is 2. The molecule has 0 aliphatic carbocycles. The van der Waals surface area contributed by atoms with Gasteiger partial charge in [0.1, 0.15) is 11.6 Å². The minimum atomic E-state index is -0.424. The first-order valence-electron chi connectivity index (χ1n) is 5.82. The summed E-state index contributed by atoms with van der Waals surface area (Å²) >= 11 is 0. The molecular formula is C13H15F2N3. The lowest BCUT2D eigenvalue weighted by Gasteiger charge is -2.15. The maximum Gasteiger partial charge on any atom is 0.128 e. The Bertz CT molecular complexity index is 497. The lowest BCUT2D eigenvalue weighted by Crippen LogP contribution is -2.24. The molecule has 0 fully saturated rings. The molecule has 0 amide bonds. The Morgan fingerprint density at radius 1 is 1.39 bits per heavy atom. The van der Waals surface area contributed by atoms with E-state index in [0.717, 1.165) is 12.1 Å². The van der Waals surface area contributed by atoms with Gasteiger partial charge in [0.2, 0.25) is 0 Å². The van der Waals surface area contributed by atoms with E-state index in [1.165, 1.54) is 6.07 Å². The van der Waals surface area contributed by atoms with E-state index < -0.39 is 11.6 Å². The summed E-state index contributed by atoms with van der Waals surface area (Å²) in [6.45, 7) is 3.13. The lowest BCUT2D eigenvalue weighted by molar-refractivity contribution is 0.485. The third-order valence-electron chi connectivity index (χ3n) is 2.78. The van der Waals surface area contributed by atoms with Crippen molar-refractivity contribution in [3.63, 3.8) is 0 Å². The number of hydrogen-bond acceptors (Lipinski definition) is 2. The second-order valence-electron chi connectivity index (χ2n) is 4.11. The summed E-state index contributed by atoms with van der Waals surface area (Å²) in [7, 11) is 0. The van der Waals surface area contributed by atoms with Gasteiger partial charge in [-0.05, 0) is 31.2 Å². The van der Waals surface area contributed by atoms with Gasteiger partial charge in [0, 0.05) is 30.5 Å². The summed E-state index contributed by atoms with van der Waals surface area (Å²) in [6, 6.07) is 5.10. The molecule has 5 heteroatoms. The minimum absolute atomic E-state index is 0.240. The van der Waals surface area contributed by atoms with E-state index in [4.69, 9.17) is 0 Å². The zero-order valence-electron chi connectivity index (χ0n) is 10.1. The Balaban J connectivity index is 1.91. The van der Waals surface area contributed by atoms with Gasteiger partial charge in [-0.15, -0.1) is 0 Å². The molecule has 0 aliphatic heterocycles. The third-order valence-corrected chi connectivity index (χ3v) is 2.78. The lowest BCUT2D eigenvalue weighted by atomic mass is 10.1. The van der Waals surface area contributed by atoms with Crippen LogP contribution in [0.3, 0.4) is 0 Å². The van der Waals surface area contributed by atoms with Crippen LogP contribution in [-0.4, -0.2) is 16.3 Å². The molecule has 0 saturated carbocycles. The molecule has 1 atom stereocenters. The maximum absolute atomic E-state index is 13.5. The van der Waals surface area contributed by atoms with Gasteiger partial charge >= 0.3 is 0 Å². The average Bonchev–Trinajstić information content (AvgIpc) is 2.85. The molecule has 0 aliphatic rings. The molecule has 1 aromatic carbocycles. The fraction of sp³-hybridized carbons (Fsp3) is 0.308. The summed E-state index contributed by atoms with van der Waals surface area (Å²) in [6.07, 6.45) is 3.56. The average molecular weight is 251 g/mol. The number of rotatable bonds is 5. The number of benzene rings is 1. The molecule has 0 bridgehead atoms. The largest absolute Gasteiger partial charge is 0.308 e. The number of nitrogens with one attached hydrogen (secondary N) is 1. The topological polar surface area (TPSA) is 29.9 Å². The highest BCUT2D eigenvalue weighted by Gasteiger charge is 2.11. The molecule has 2 aromatic rings. The highest BCUT2D eigenvalue weighted by molar-refractivity contribution is 5.21. The van der Waals surface area contributed by atoms with Crippen LogP contribution in [0.2, 0.25) is 0 Å². The van der Waals surface area contributed by atoms with Gasteiger partial charge in [-0.1, -0.05) is 0 Å². The zero-order chi connectivity index (χ0) is 13.0. The van der Waals surface area contributed by atoms with Gasteiger partial charge in [0.05, 0.1) is 6.54 Å². The first-order valence-corrected chi connectivity index (χ1v) is 5.82. The molecule has 0 saturated heterocycles. The molecule has 0 unspecified atom stereocenters. The quantitative estimate of drug-likeness (QED) is 0.885. The molecule has 2 rings (SSSR count). The van der Waals surface area contributed by atoms with E-state index in [1.807, 2.05) is 12.3 Å². The van der Waals surface area contributed by atoms with Crippen molar-refractivity contribution in [2.75, 3.05) is 6.54 Å². The van der Waals surface area contributed by atoms with Crippen LogP contribution in [0.5, 0.6) is 0 Å². The Hall–Kier alpha value is -1.75. The van der Waals surface area contributed by atoms with E-state index in [-0.39, 0.29) is 6.04 Å². The molecule has 0 radical (unpaired) electrons. The summed E-state index contributed by atoms with van der Waals surface area (Å²) < 4.78 is 28.3. The molecule has 1 aromatic heterocycles. The van der Waals surface area contributed by atoms with Crippen LogP contribution in [0.25, 0.3) is 0 Å². The summed E-state index contributed by atoms with van der Waals surface area (Å²) in [5.41, 5.74) is 0.343. The van der Waals surface area contributed by atoms with E-state index >= 15 is 0 Å². The first-order chi connectivity index (χ1) is 8.66. The van der Waals surface area contributed by atoms with Gasteiger partial charge in [-0.25, -0.2) is 8.78 Å². The summed E-state index contributed by atoms with van der Waals surface area (Å²) in [4.78, 5) is 0. The van der Waals surface area contributed by atoms with Crippen molar-refractivity contribution in [1.29, 1.82) is 0 Å². The fourth-order valence-electron chi connectivity index (χ4n) is 1.78. The smallest absolute Gasteiger partial charge is 0.128 e. The molecule has 96 valence electrons. The van der Waals surface area contributed by atoms with Crippen molar-refractivity contribution in [3.05, 3.63) is 53.9 Å². The van der Waals surface area contributed by atoms with E-state index in [1.54, 1.807) is 17.8 Å². The predicted octanol–water partition coefficient (Wildman–Crippen LogP) is 2.51. The highest BCUT2D eigenvalue weighted by Crippen LogP contribution is 2.17. The normalized spacial score (nSPS) is 12.6. The molecule has 18 heavy (non-hydrogen) atoms. The fourth-order valence-corrected chi connectivity index (χ4v) is 1.78. The Morgan fingerprint density at radius 2 is 2.22 bits per heavy atom. The van der Waals surface area contributed by atoms with E-state index in [9.17, 15) is 8.78 Å². The highest BCUT2D eigenvalue weighted by atomic mass is 19.1. The van der Waals surface area contributed by atoms with Crippen molar-refractivity contribution in [3.8, 4) is 0 Å². The van der Waals surface area contributed by atoms with Crippen LogP contribution in [0, 0.1) is 11.6 Å². The van der Waals surface area contributed by atoms with Crippen LogP contribution >= 0.6 is 0 Å². The maximum atomic E-state index is 13.5. The van der Waals surface area contributed by atoms with E-state index in [2.05, 4.69) is 10.4 Å². The molecule has 1 N–H and O–H groups in total. The second kappa shape index (κ2) is 5.73. The van der Waals surface area contributed by atoms with Crippen LogP contribution < -0.4 is 5.32 Å². The van der Waals surface area contributed by atoms with E-state index in [0.29, 0.717) is 18.7 Å². The Labute approximate surface area is 104 Å². The summed E-state index contributed by atoms with van der Waals surface area (Å²) in [5.74, 6) is -0.817. The van der Waals surface area contributed by atoms with Gasteiger partial charge in [0.15, 0.2) is 0 Å². The van der Waals surface area contributed by atoms with Crippen LogP contribution in [0.4, 0.5) is 8.78 Å². The van der Waals surface area contributed by atoms with Gasteiger partial charge in [0.25, 0.3) is 0 Å². The molecule has 3 nitrogen and oxygen atoms in total. The number of hydrogen-bond donors (Lipinski definition) is 1. The molecular weight excluding hydrogens is 236 g/mol. The second-order valence-corrected chi connectivity index (χ2v) is 4.11. The van der Waals surface area contributed by atoms with Crippen molar-refractivity contribution in [2.45, 2.75) is 19.5 Å². The zero-order valence-corrected chi connectivity index (χ0v) is 10.1. The van der Waals surface area contributed by atoms with Gasteiger partial charge in [-0.3, -0.25) is 4.68 Å². The standard InChI is InChI=1S/C13H15F2N3/c1-10(12-9-11(14)3-4-13(12)15)16-6-8-18-7-2-5-17-18/h2-5,7,9-10,16H,6,8H2,1H3/t10-/m0/s1. The van der Waals surface area contributed by atoms with Crippen LogP contribution in [-0.2, 0) is 6.54 Å². The van der Waals surface area contributed by atoms with Gasteiger partial charge in [-0.2, -0.15) is 5.10 Å². The SMILES string of the molecule is C[C@H](NCCn1cccn1)c1cc(F)ccc1F. The monoisotopic (exact) mass is 251 g/mol. The van der Waals surface area contributed by atoms with Crippen LogP contribution in [0.1, 0.15) is 18.5 Å². The number of nitrogens with zero attached hydrogens (tertiary/aromatic N) is 2. The van der Waals surface area contributed by atoms with Gasteiger partial charge < -0.3 is 5.32 Å². The van der Waals surface area contributed by atoms with Crippen molar-refractivity contribution < 1.29 is 8.78 Å².